The van der Waals surface area contributed by atoms with Crippen molar-refractivity contribution in [2.75, 3.05) is 11.1 Å². The zero-order valence-electron chi connectivity index (χ0n) is 7.52. The minimum Gasteiger partial charge on any atom is -0.397 e. The number of anilines is 2. The first-order chi connectivity index (χ1) is 6.00. The third-order valence-corrected chi connectivity index (χ3v) is 1.63. The van der Waals surface area contributed by atoms with Gasteiger partial charge in [0.1, 0.15) is 5.82 Å². The Kier molecular flexibility index (Phi) is 2.51. The van der Waals surface area contributed by atoms with Gasteiger partial charge in [-0.15, -0.1) is 0 Å². The lowest BCUT2D eigenvalue weighted by atomic mass is 10.1. The number of aryl methyl sites for hydroxylation is 1. The molecule has 4 heteroatoms. The van der Waals surface area contributed by atoms with Crippen molar-refractivity contribution in [1.82, 2.24) is 0 Å². The van der Waals surface area contributed by atoms with Crippen LogP contribution in [0.2, 0.25) is 0 Å². The smallest absolute Gasteiger partial charge is 0.221 e. The van der Waals surface area contributed by atoms with Crippen molar-refractivity contribution < 1.29 is 9.18 Å². The number of carbonyl (C=O) groups is 1. The fraction of sp³-hybridized carbons (Fsp3) is 0.222. The van der Waals surface area contributed by atoms with Crippen LogP contribution in [-0.2, 0) is 4.79 Å². The number of benzene rings is 1. The van der Waals surface area contributed by atoms with Gasteiger partial charge in [0.25, 0.3) is 0 Å². The van der Waals surface area contributed by atoms with Crippen LogP contribution in [-0.4, -0.2) is 5.91 Å². The van der Waals surface area contributed by atoms with Gasteiger partial charge in [-0.1, -0.05) is 0 Å². The quantitative estimate of drug-likeness (QED) is 0.649. The van der Waals surface area contributed by atoms with Crippen LogP contribution in [0.4, 0.5) is 15.8 Å². The summed E-state index contributed by atoms with van der Waals surface area (Å²) < 4.78 is 12.8. The lowest BCUT2D eigenvalue weighted by Crippen LogP contribution is -2.09. The molecule has 0 aliphatic carbocycles. The fourth-order valence-corrected chi connectivity index (χ4v) is 1.12. The second kappa shape index (κ2) is 3.43. The van der Waals surface area contributed by atoms with Crippen LogP contribution in [0.5, 0.6) is 0 Å². The maximum absolute atomic E-state index is 12.8. The molecule has 0 radical (unpaired) electrons. The molecule has 1 amide bonds. The number of hydrogen-bond donors (Lipinski definition) is 2. The minimum atomic E-state index is -0.399. The highest BCUT2D eigenvalue weighted by Crippen LogP contribution is 2.24. The summed E-state index contributed by atoms with van der Waals surface area (Å²) in [5.74, 6) is -0.620. The molecule has 1 rings (SSSR count). The van der Waals surface area contributed by atoms with E-state index >= 15 is 0 Å². The molecule has 3 N–H and O–H groups in total. The molecular weight excluding hydrogens is 171 g/mol. The van der Waals surface area contributed by atoms with Crippen molar-refractivity contribution in [2.45, 2.75) is 13.8 Å². The molecule has 13 heavy (non-hydrogen) atoms. The first kappa shape index (κ1) is 9.51. The van der Waals surface area contributed by atoms with Gasteiger partial charge in [0.05, 0.1) is 11.4 Å². The van der Waals surface area contributed by atoms with Crippen molar-refractivity contribution in [2.24, 2.45) is 0 Å². The molecule has 0 bridgehead atoms. The molecule has 0 unspecified atom stereocenters. The van der Waals surface area contributed by atoms with Crippen LogP contribution in [0.3, 0.4) is 0 Å². The Morgan fingerprint density at radius 2 is 2.15 bits per heavy atom. The molecule has 0 aromatic heterocycles. The van der Waals surface area contributed by atoms with Crippen LogP contribution in [0.1, 0.15) is 12.5 Å². The van der Waals surface area contributed by atoms with Crippen molar-refractivity contribution in [3.8, 4) is 0 Å². The Hall–Kier alpha value is -1.58. The Bertz CT molecular complexity index is 326. The highest BCUT2D eigenvalue weighted by atomic mass is 19.1. The molecule has 0 saturated heterocycles. The third-order valence-electron chi connectivity index (χ3n) is 1.63. The van der Waals surface area contributed by atoms with Gasteiger partial charge in [-0.05, 0) is 24.6 Å². The van der Waals surface area contributed by atoms with Crippen LogP contribution in [0.25, 0.3) is 0 Å². The first-order valence-corrected chi connectivity index (χ1v) is 3.84. The summed E-state index contributed by atoms with van der Waals surface area (Å²) in [7, 11) is 0. The zero-order valence-corrected chi connectivity index (χ0v) is 7.52. The molecule has 0 aliphatic rings. The summed E-state index contributed by atoms with van der Waals surface area (Å²) in [5.41, 5.74) is 6.86. The number of rotatable bonds is 1. The summed E-state index contributed by atoms with van der Waals surface area (Å²) in [5, 5.41) is 2.54. The maximum Gasteiger partial charge on any atom is 0.221 e. The average Bonchev–Trinajstić information content (AvgIpc) is 1.96. The van der Waals surface area contributed by atoms with Gasteiger partial charge in [0, 0.05) is 6.92 Å². The van der Waals surface area contributed by atoms with Gasteiger partial charge < -0.3 is 11.1 Å². The second-order valence-electron chi connectivity index (χ2n) is 2.87. The Labute approximate surface area is 75.7 Å². The number of amides is 1. The number of halogens is 1. The molecule has 0 fully saturated rings. The maximum atomic E-state index is 12.8. The average molecular weight is 182 g/mol. The summed E-state index contributed by atoms with van der Waals surface area (Å²) in [6, 6.07) is 2.50. The van der Waals surface area contributed by atoms with E-state index in [1.165, 1.54) is 19.1 Å². The van der Waals surface area contributed by atoms with Crippen LogP contribution in [0, 0.1) is 12.7 Å². The van der Waals surface area contributed by atoms with Crippen molar-refractivity contribution in [3.05, 3.63) is 23.5 Å². The van der Waals surface area contributed by atoms with Gasteiger partial charge in [-0.25, -0.2) is 4.39 Å². The van der Waals surface area contributed by atoms with Crippen molar-refractivity contribution >= 4 is 17.3 Å². The third kappa shape index (κ3) is 2.18. The monoisotopic (exact) mass is 182 g/mol. The van der Waals surface area contributed by atoms with E-state index in [4.69, 9.17) is 5.73 Å². The SMILES string of the molecule is CC(=O)Nc1c(C)cc(F)cc1N. The number of hydrogen-bond acceptors (Lipinski definition) is 2. The van der Waals surface area contributed by atoms with E-state index < -0.39 is 5.82 Å². The molecular formula is C9H11FN2O. The minimum absolute atomic E-state index is 0.221. The van der Waals surface area contributed by atoms with E-state index in [0.29, 0.717) is 11.3 Å². The highest BCUT2D eigenvalue weighted by Gasteiger charge is 2.06. The van der Waals surface area contributed by atoms with Crippen LogP contribution < -0.4 is 11.1 Å². The molecule has 0 saturated carbocycles. The van der Waals surface area contributed by atoms with E-state index in [-0.39, 0.29) is 11.6 Å². The molecule has 3 nitrogen and oxygen atoms in total. The summed E-state index contributed by atoms with van der Waals surface area (Å²) >= 11 is 0. The normalized spacial score (nSPS) is 9.77. The molecule has 1 aromatic carbocycles. The van der Waals surface area contributed by atoms with Gasteiger partial charge in [0.15, 0.2) is 0 Å². The molecule has 0 heterocycles. The summed E-state index contributed by atoms with van der Waals surface area (Å²) in [6.07, 6.45) is 0. The molecule has 1 aromatic rings. The standard InChI is InChI=1S/C9H11FN2O/c1-5-3-7(10)4-8(11)9(5)12-6(2)13/h3-4H,11H2,1-2H3,(H,12,13). The molecule has 0 atom stereocenters. The van der Waals surface area contributed by atoms with Crippen molar-refractivity contribution in [1.29, 1.82) is 0 Å². The largest absolute Gasteiger partial charge is 0.397 e. The summed E-state index contributed by atoms with van der Waals surface area (Å²) in [4.78, 5) is 10.7. The molecule has 0 spiro atoms. The Morgan fingerprint density at radius 3 is 2.62 bits per heavy atom. The van der Waals surface area contributed by atoms with E-state index in [0.717, 1.165) is 0 Å². The van der Waals surface area contributed by atoms with Gasteiger partial charge >= 0.3 is 0 Å². The lowest BCUT2D eigenvalue weighted by Gasteiger charge is -2.09. The number of nitrogens with two attached hydrogens (primary N) is 1. The van der Waals surface area contributed by atoms with Crippen LogP contribution in [0.15, 0.2) is 12.1 Å². The van der Waals surface area contributed by atoms with E-state index in [9.17, 15) is 9.18 Å². The number of nitrogen functional groups attached to an aromatic ring is 1. The van der Waals surface area contributed by atoms with E-state index in [1.807, 2.05) is 0 Å². The first-order valence-electron chi connectivity index (χ1n) is 3.84. The lowest BCUT2D eigenvalue weighted by molar-refractivity contribution is -0.114. The predicted molar refractivity (Wildman–Crippen MR) is 49.9 cm³/mol. The highest BCUT2D eigenvalue weighted by molar-refractivity contribution is 5.93. The topological polar surface area (TPSA) is 55.1 Å². The second-order valence-corrected chi connectivity index (χ2v) is 2.87. The number of carbonyl (C=O) groups excluding carboxylic acids is 1. The Morgan fingerprint density at radius 1 is 1.54 bits per heavy atom. The van der Waals surface area contributed by atoms with Gasteiger partial charge in [0.2, 0.25) is 5.91 Å². The summed E-state index contributed by atoms with van der Waals surface area (Å²) in [6.45, 7) is 3.06. The van der Waals surface area contributed by atoms with E-state index in [1.54, 1.807) is 6.92 Å². The van der Waals surface area contributed by atoms with E-state index in [2.05, 4.69) is 5.32 Å². The zero-order chi connectivity index (χ0) is 10.0. The Balaban J connectivity index is 3.13. The van der Waals surface area contributed by atoms with Crippen LogP contribution >= 0.6 is 0 Å². The van der Waals surface area contributed by atoms with Gasteiger partial charge in [-0.2, -0.15) is 0 Å². The molecule has 0 aliphatic heterocycles. The fourth-order valence-electron chi connectivity index (χ4n) is 1.12. The predicted octanol–water partition coefficient (Wildman–Crippen LogP) is 1.67. The number of nitrogens with one attached hydrogen (secondary N) is 1. The molecule has 70 valence electrons. The van der Waals surface area contributed by atoms with Crippen molar-refractivity contribution in [3.63, 3.8) is 0 Å². The van der Waals surface area contributed by atoms with Gasteiger partial charge in [-0.3, -0.25) is 4.79 Å².